The van der Waals surface area contributed by atoms with Crippen LogP contribution in [-0.4, -0.2) is 24.0 Å². The number of nitrogens with one attached hydrogen (secondary N) is 2. The number of furan rings is 1. The summed E-state index contributed by atoms with van der Waals surface area (Å²) in [4.78, 5) is 12.3. The van der Waals surface area contributed by atoms with Crippen LogP contribution in [0.4, 0.5) is 0 Å². The van der Waals surface area contributed by atoms with Gasteiger partial charge >= 0.3 is 0 Å². The predicted molar refractivity (Wildman–Crippen MR) is 81.0 cm³/mol. The number of ether oxygens (including phenoxy) is 1. The van der Waals surface area contributed by atoms with Crippen LogP contribution in [0.5, 0.6) is 11.7 Å². The maximum Gasteiger partial charge on any atom is 0.290 e. The monoisotopic (exact) mass is 298 g/mol. The molecule has 4 rings (SSSR count). The number of hydrogen-bond donors (Lipinski definition) is 2. The van der Waals surface area contributed by atoms with Crippen LogP contribution >= 0.6 is 0 Å². The van der Waals surface area contributed by atoms with Gasteiger partial charge in [-0.05, 0) is 37.5 Å². The van der Waals surface area contributed by atoms with Gasteiger partial charge < -0.3 is 19.8 Å². The Bertz CT molecular complexity index is 668. The molecule has 3 atom stereocenters. The molecule has 5 nitrogen and oxygen atoms in total. The van der Waals surface area contributed by atoms with Gasteiger partial charge in [-0.2, -0.15) is 0 Å². The molecule has 5 heteroatoms. The van der Waals surface area contributed by atoms with Gasteiger partial charge in [-0.1, -0.05) is 18.2 Å². The Kier molecular flexibility index (Phi) is 3.35. The van der Waals surface area contributed by atoms with Crippen molar-refractivity contribution in [2.24, 2.45) is 0 Å². The van der Waals surface area contributed by atoms with E-state index in [0.29, 0.717) is 23.8 Å². The van der Waals surface area contributed by atoms with Crippen LogP contribution in [0, 0.1) is 0 Å². The summed E-state index contributed by atoms with van der Waals surface area (Å²) in [7, 11) is 0. The van der Waals surface area contributed by atoms with Crippen molar-refractivity contribution in [3.63, 3.8) is 0 Å². The van der Waals surface area contributed by atoms with E-state index >= 15 is 0 Å². The summed E-state index contributed by atoms with van der Waals surface area (Å²) in [6.45, 7) is 0. The zero-order chi connectivity index (χ0) is 14.9. The van der Waals surface area contributed by atoms with Gasteiger partial charge in [-0.25, -0.2) is 0 Å². The Labute approximate surface area is 128 Å². The first kappa shape index (κ1) is 13.4. The third kappa shape index (κ3) is 2.60. The van der Waals surface area contributed by atoms with Crippen molar-refractivity contribution < 1.29 is 13.9 Å². The van der Waals surface area contributed by atoms with Gasteiger partial charge in [-0.3, -0.25) is 4.79 Å². The van der Waals surface area contributed by atoms with E-state index in [2.05, 4.69) is 10.6 Å². The molecular weight excluding hydrogens is 280 g/mol. The second kappa shape index (κ2) is 5.50. The van der Waals surface area contributed by atoms with E-state index in [1.54, 1.807) is 12.1 Å². The number of carbonyl (C=O) groups is 1. The van der Waals surface area contributed by atoms with E-state index in [-0.39, 0.29) is 17.7 Å². The lowest BCUT2D eigenvalue weighted by Crippen LogP contribution is -2.42. The largest absolute Gasteiger partial charge is 0.426 e. The SMILES string of the molecule is O=C(NC1CC2CCC1N2)c1ccc(Oc2ccccc2)o1. The van der Waals surface area contributed by atoms with Crippen molar-refractivity contribution in [2.45, 2.75) is 37.4 Å². The highest BCUT2D eigenvalue weighted by atomic mass is 16.6. The fourth-order valence-electron chi connectivity index (χ4n) is 3.32. The molecule has 0 aliphatic carbocycles. The lowest BCUT2D eigenvalue weighted by molar-refractivity contribution is 0.0898. The van der Waals surface area contributed by atoms with Gasteiger partial charge in [0, 0.05) is 24.2 Å². The van der Waals surface area contributed by atoms with Gasteiger partial charge in [0.05, 0.1) is 0 Å². The first-order valence-corrected chi connectivity index (χ1v) is 7.67. The quantitative estimate of drug-likeness (QED) is 0.911. The summed E-state index contributed by atoms with van der Waals surface area (Å²) >= 11 is 0. The van der Waals surface area contributed by atoms with Crippen molar-refractivity contribution in [3.05, 3.63) is 48.2 Å². The Morgan fingerprint density at radius 3 is 2.77 bits per heavy atom. The summed E-state index contributed by atoms with van der Waals surface area (Å²) < 4.78 is 11.1. The second-order valence-electron chi connectivity index (χ2n) is 5.90. The van der Waals surface area contributed by atoms with Crippen LogP contribution in [0.2, 0.25) is 0 Å². The van der Waals surface area contributed by atoms with Crippen molar-refractivity contribution in [1.82, 2.24) is 10.6 Å². The summed E-state index contributed by atoms with van der Waals surface area (Å²) in [5.41, 5.74) is 0. The fraction of sp³-hybridized carbons (Fsp3) is 0.353. The van der Waals surface area contributed by atoms with Crippen LogP contribution in [0.3, 0.4) is 0 Å². The average Bonchev–Trinajstić information content (AvgIpc) is 3.24. The van der Waals surface area contributed by atoms with E-state index in [1.807, 2.05) is 30.3 Å². The Morgan fingerprint density at radius 1 is 1.18 bits per heavy atom. The van der Waals surface area contributed by atoms with Crippen LogP contribution in [0.25, 0.3) is 0 Å². The molecule has 1 aromatic carbocycles. The highest BCUT2D eigenvalue weighted by Gasteiger charge is 2.39. The van der Waals surface area contributed by atoms with Gasteiger partial charge in [0.1, 0.15) is 5.75 Å². The third-order valence-corrected chi connectivity index (χ3v) is 4.38. The molecule has 1 aromatic heterocycles. The summed E-state index contributed by atoms with van der Waals surface area (Å²) in [5, 5.41) is 6.56. The van der Waals surface area contributed by atoms with Crippen LogP contribution in [0.1, 0.15) is 29.8 Å². The number of fused-ring (bicyclic) bond motifs is 2. The molecule has 114 valence electrons. The number of carbonyl (C=O) groups excluding carboxylic acids is 1. The molecule has 1 amide bonds. The van der Waals surface area contributed by atoms with Gasteiger partial charge in [0.25, 0.3) is 11.9 Å². The lowest BCUT2D eigenvalue weighted by Gasteiger charge is -2.20. The minimum absolute atomic E-state index is 0.178. The number of para-hydroxylation sites is 1. The Balaban J connectivity index is 1.39. The van der Waals surface area contributed by atoms with Crippen LogP contribution in [-0.2, 0) is 0 Å². The molecule has 0 saturated carbocycles. The van der Waals surface area contributed by atoms with Crippen molar-refractivity contribution in [2.75, 3.05) is 0 Å². The molecular formula is C17H18N2O3. The van der Waals surface area contributed by atoms with Gasteiger partial charge in [0.2, 0.25) is 0 Å². The number of amides is 1. The van der Waals surface area contributed by atoms with Crippen molar-refractivity contribution in [1.29, 1.82) is 0 Å². The number of benzene rings is 1. The van der Waals surface area contributed by atoms with E-state index in [4.69, 9.17) is 9.15 Å². The van der Waals surface area contributed by atoms with Crippen molar-refractivity contribution in [3.8, 4) is 11.7 Å². The maximum absolute atomic E-state index is 12.3. The molecule has 2 saturated heterocycles. The summed E-state index contributed by atoms with van der Waals surface area (Å²) in [6, 6.07) is 13.8. The van der Waals surface area contributed by atoms with Gasteiger partial charge in [0.15, 0.2) is 5.76 Å². The molecule has 2 fully saturated rings. The minimum atomic E-state index is -0.178. The zero-order valence-corrected chi connectivity index (χ0v) is 12.1. The van der Waals surface area contributed by atoms with E-state index in [0.717, 1.165) is 12.8 Å². The maximum atomic E-state index is 12.3. The van der Waals surface area contributed by atoms with E-state index in [9.17, 15) is 4.79 Å². The lowest BCUT2D eigenvalue weighted by atomic mass is 9.95. The molecule has 22 heavy (non-hydrogen) atoms. The van der Waals surface area contributed by atoms with Crippen LogP contribution in [0.15, 0.2) is 46.9 Å². The zero-order valence-electron chi connectivity index (χ0n) is 12.1. The average molecular weight is 298 g/mol. The highest BCUT2D eigenvalue weighted by molar-refractivity contribution is 5.91. The molecule has 2 N–H and O–H groups in total. The second-order valence-corrected chi connectivity index (χ2v) is 5.90. The molecule has 2 bridgehead atoms. The molecule has 0 spiro atoms. The summed E-state index contributed by atoms with van der Waals surface area (Å²) in [6.07, 6.45) is 3.35. The summed E-state index contributed by atoms with van der Waals surface area (Å²) in [5.74, 6) is 1.11. The molecule has 2 aromatic rings. The topological polar surface area (TPSA) is 63.5 Å². The fourth-order valence-corrected chi connectivity index (χ4v) is 3.32. The first-order chi connectivity index (χ1) is 10.8. The first-order valence-electron chi connectivity index (χ1n) is 7.67. The molecule has 2 aliphatic rings. The van der Waals surface area contributed by atoms with Gasteiger partial charge in [-0.15, -0.1) is 0 Å². The molecule has 2 aliphatic heterocycles. The Morgan fingerprint density at radius 2 is 2.05 bits per heavy atom. The smallest absolute Gasteiger partial charge is 0.290 e. The van der Waals surface area contributed by atoms with E-state index < -0.39 is 0 Å². The molecule has 3 heterocycles. The molecule has 3 unspecified atom stereocenters. The number of rotatable bonds is 4. The predicted octanol–water partition coefficient (Wildman–Crippen LogP) is 2.69. The highest BCUT2D eigenvalue weighted by Crippen LogP contribution is 2.29. The Hall–Kier alpha value is -2.27. The van der Waals surface area contributed by atoms with Crippen molar-refractivity contribution >= 4 is 5.91 Å². The van der Waals surface area contributed by atoms with E-state index in [1.165, 1.54) is 6.42 Å². The minimum Gasteiger partial charge on any atom is -0.426 e. The molecule has 0 radical (unpaired) electrons. The number of hydrogen-bond acceptors (Lipinski definition) is 4. The van der Waals surface area contributed by atoms with Crippen LogP contribution < -0.4 is 15.4 Å². The standard InChI is InChI=1S/C17H18N2O3/c20-17(19-14-10-11-6-7-13(14)18-11)15-8-9-16(22-15)21-12-4-2-1-3-5-12/h1-5,8-9,11,13-14,18H,6-7,10H2,(H,19,20). The normalized spacial score (nSPS) is 26.1. The third-order valence-electron chi connectivity index (χ3n) is 4.38.